The van der Waals surface area contributed by atoms with Crippen LogP contribution in [0.5, 0.6) is 0 Å². The van der Waals surface area contributed by atoms with E-state index in [2.05, 4.69) is 15.4 Å². The second kappa shape index (κ2) is 10.8. The molecule has 0 atom stereocenters. The van der Waals surface area contributed by atoms with Crippen LogP contribution in [0, 0.1) is 13.8 Å². The summed E-state index contributed by atoms with van der Waals surface area (Å²) in [5.41, 5.74) is 3.49. The van der Waals surface area contributed by atoms with Crippen molar-refractivity contribution in [2.45, 2.75) is 26.7 Å². The smallest absolute Gasteiger partial charge is 0.337 e. The predicted octanol–water partition coefficient (Wildman–Crippen LogP) is 2.99. The van der Waals surface area contributed by atoms with E-state index in [4.69, 9.17) is 4.74 Å². The first-order valence-electron chi connectivity index (χ1n) is 9.29. The molecule has 30 heavy (non-hydrogen) atoms. The van der Waals surface area contributed by atoms with Crippen LogP contribution in [0.3, 0.4) is 0 Å². The summed E-state index contributed by atoms with van der Waals surface area (Å²) in [6, 6.07) is 11.8. The van der Waals surface area contributed by atoms with E-state index in [1.54, 1.807) is 12.1 Å². The Kier molecular flexibility index (Phi) is 8.10. The van der Waals surface area contributed by atoms with E-state index in [9.17, 15) is 19.2 Å². The zero-order valence-electron chi connectivity index (χ0n) is 17.1. The number of hydrogen-bond donors (Lipinski definition) is 2. The monoisotopic (exact) mass is 412 g/mol. The molecule has 0 aromatic heterocycles. The molecule has 0 heterocycles. The van der Waals surface area contributed by atoms with Gasteiger partial charge in [0, 0.05) is 17.8 Å². The third kappa shape index (κ3) is 7.38. The number of rotatable bonds is 8. The molecule has 8 nitrogen and oxygen atoms in total. The molecule has 0 fully saturated rings. The van der Waals surface area contributed by atoms with E-state index in [1.807, 2.05) is 32.0 Å². The van der Waals surface area contributed by atoms with Gasteiger partial charge in [-0.05, 0) is 61.4 Å². The summed E-state index contributed by atoms with van der Waals surface area (Å²) in [5, 5.41) is 5.28. The number of carbonyl (C=O) groups is 4. The molecule has 8 heteroatoms. The van der Waals surface area contributed by atoms with Gasteiger partial charge in [-0.1, -0.05) is 6.07 Å². The van der Waals surface area contributed by atoms with Crippen molar-refractivity contribution in [2.75, 3.05) is 24.4 Å². The number of ether oxygens (including phenoxy) is 2. The van der Waals surface area contributed by atoms with Crippen molar-refractivity contribution in [3.05, 3.63) is 59.2 Å². The van der Waals surface area contributed by atoms with Crippen molar-refractivity contribution in [2.24, 2.45) is 0 Å². The lowest BCUT2D eigenvalue weighted by atomic mass is 10.1. The minimum atomic E-state index is -0.651. The minimum Gasteiger partial charge on any atom is -0.465 e. The molecule has 0 unspecified atom stereocenters. The molecule has 2 N–H and O–H groups in total. The van der Waals surface area contributed by atoms with Gasteiger partial charge < -0.3 is 20.1 Å². The molecule has 0 radical (unpaired) electrons. The minimum absolute atomic E-state index is 0.101. The van der Waals surface area contributed by atoms with Gasteiger partial charge in [-0.15, -0.1) is 0 Å². The Morgan fingerprint density at radius 2 is 1.40 bits per heavy atom. The first kappa shape index (κ1) is 22.6. The van der Waals surface area contributed by atoms with Gasteiger partial charge in [0.1, 0.15) is 0 Å². The van der Waals surface area contributed by atoms with Crippen LogP contribution in [0.15, 0.2) is 42.5 Å². The van der Waals surface area contributed by atoms with E-state index in [0.717, 1.165) is 11.1 Å². The van der Waals surface area contributed by atoms with Gasteiger partial charge in [0.25, 0.3) is 5.91 Å². The molecule has 2 aromatic rings. The SMILES string of the molecule is COC(=O)c1ccc(NC(=O)CCC(=O)OCC(=O)Nc2cc(C)cc(C)c2)cc1. The Hall–Kier alpha value is -3.68. The van der Waals surface area contributed by atoms with E-state index in [0.29, 0.717) is 16.9 Å². The van der Waals surface area contributed by atoms with Crippen LogP contribution in [0.4, 0.5) is 11.4 Å². The standard InChI is InChI=1S/C22H24N2O6/c1-14-10-15(2)12-18(11-14)24-20(26)13-30-21(27)9-8-19(25)23-17-6-4-16(5-7-17)22(28)29-3/h4-7,10-12H,8-9,13H2,1-3H3,(H,23,25)(H,24,26). The number of amides is 2. The molecule has 158 valence electrons. The van der Waals surface area contributed by atoms with Crippen LogP contribution in [0.1, 0.15) is 34.3 Å². The summed E-state index contributed by atoms with van der Waals surface area (Å²) in [6.07, 6.45) is -0.265. The Balaban J connectivity index is 1.71. The topological polar surface area (TPSA) is 111 Å². The number of methoxy groups -OCH3 is 1. The number of benzene rings is 2. The van der Waals surface area contributed by atoms with Crippen molar-refractivity contribution in [3.8, 4) is 0 Å². The molecule has 2 aromatic carbocycles. The van der Waals surface area contributed by atoms with Gasteiger partial charge in [0.15, 0.2) is 6.61 Å². The molecular weight excluding hydrogens is 388 g/mol. The maximum atomic E-state index is 11.9. The van der Waals surface area contributed by atoms with Crippen LogP contribution < -0.4 is 10.6 Å². The summed E-state index contributed by atoms with van der Waals surface area (Å²) < 4.78 is 9.51. The first-order valence-corrected chi connectivity index (χ1v) is 9.29. The number of nitrogens with one attached hydrogen (secondary N) is 2. The third-order valence-electron chi connectivity index (χ3n) is 4.02. The van der Waals surface area contributed by atoms with Crippen LogP contribution in [-0.4, -0.2) is 37.5 Å². The lowest BCUT2D eigenvalue weighted by molar-refractivity contribution is -0.147. The van der Waals surface area contributed by atoms with Gasteiger partial charge in [-0.25, -0.2) is 4.79 Å². The van der Waals surface area contributed by atoms with Gasteiger partial charge in [-0.2, -0.15) is 0 Å². The van der Waals surface area contributed by atoms with Crippen molar-refractivity contribution in [1.29, 1.82) is 0 Å². The van der Waals surface area contributed by atoms with E-state index in [1.165, 1.54) is 19.2 Å². The lowest BCUT2D eigenvalue weighted by Gasteiger charge is -2.09. The molecule has 0 bridgehead atoms. The molecular formula is C22H24N2O6. The number of carbonyl (C=O) groups excluding carboxylic acids is 4. The maximum absolute atomic E-state index is 11.9. The summed E-state index contributed by atoms with van der Waals surface area (Å²) >= 11 is 0. The maximum Gasteiger partial charge on any atom is 0.337 e. The highest BCUT2D eigenvalue weighted by molar-refractivity contribution is 5.95. The summed E-state index contributed by atoms with van der Waals surface area (Å²) in [6.45, 7) is 3.41. The number of hydrogen-bond acceptors (Lipinski definition) is 6. The Morgan fingerprint density at radius 1 is 0.800 bits per heavy atom. The zero-order chi connectivity index (χ0) is 22.1. The number of esters is 2. The molecule has 2 amide bonds. The second-order valence-corrected chi connectivity index (χ2v) is 6.70. The highest BCUT2D eigenvalue weighted by Gasteiger charge is 2.12. The highest BCUT2D eigenvalue weighted by atomic mass is 16.5. The summed E-state index contributed by atoms with van der Waals surface area (Å²) in [5.74, 6) is -1.97. The molecule has 2 rings (SSSR count). The Bertz CT molecular complexity index is 917. The number of anilines is 2. The van der Waals surface area contributed by atoms with Gasteiger partial charge in [-0.3, -0.25) is 14.4 Å². The molecule has 0 spiro atoms. The van der Waals surface area contributed by atoms with Gasteiger partial charge in [0.2, 0.25) is 5.91 Å². The van der Waals surface area contributed by atoms with Crippen LogP contribution in [0.25, 0.3) is 0 Å². The summed E-state index contributed by atoms with van der Waals surface area (Å²) in [4.78, 5) is 47.0. The molecule has 0 saturated carbocycles. The average molecular weight is 412 g/mol. The first-order chi connectivity index (χ1) is 14.3. The molecule has 0 aliphatic rings. The average Bonchev–Trinajstić information content (AvgIpc) is 2.70. The van der Waals surface area contributed by atoms with Gasteiger partial charge >= 0.3 is 11.9 Å². The summed E-state index contributed by atoms with van der Waals surface area (Å²) in [7, 11) is 1.28. The van der Waals surface area contributed by atoms with Crippen molar-refractivity contribution in [3.63, 3.8) is 0 Å². The zero-order valence-corrected chi connectivity index (χ0v) is 17.1. The Labute approximate surface area is 174 Å². The van der Waals surface area contributed by atoms with Crippen molar-refractivity contribution in [1.82, 2.24) is 0 Å². The fourth-order valence-corrected chi connectivity index (χ4v) is 2.71. The quantitative estimate of drug-likeness (QED) is 0.645. The molecule has 0 saturated heterocycles. The van der Waals surface area contributed by atoms with E-state index in [-0.39, 0.29) is 12.8 Å². The van der Waals surface area contributed by atoms with Crippen LogP contribution in [-0.2, 0) is 23.9 Å². The normalized spacial score (nSPS) is 10.1. The van der Waals surface area contributed by atoms with Crippen LogP contribution in [0.2, 0.25) is 0 Å². The molecule has 0 aliphatic heterocycles. The fraction of sp³-hybridized carbons (Fsp3) is 0.273. The lowest BCUT2D eigenvalue weighted by Crippen LogP contribution is -2.22. The number of aryl methyl sites for hydroxylation is 2. The Morgan fingerprint density at radius 3 is 2.00 bits per heavy atom. The molecule has 0 aliphatic carbocycles. The van der Waals surface area contributed by atoms with Crippen molar-refractivity contribution >= 4 is 35.1 Å². The second-order valence-electron chi connectivity index (χ2n) is 6.70. The van der Waals surface area contributed by atoms with E-state index < -0.39 is 30.4 Å². The highest BCUT2D eigenvalue weighted by Crippen LogP contribution is 2.14. The van der Waals surface area contributed by atoms with Gasteiger partial charge in [0.05, 0.1) is 19.1 Å². The fourth-order valence-electron chi connectivity index (χ4n) is 2.71. The van der Waals surface area contributed by atoms with Crippen molar-refractivity contribution < 1.29 is 28.7 Å². The third-order valence-corrected chi connectivity index (χ3v) is 4.02. The van der Waals surface area contributed by atoms with Crippen LogP contribution >= 0.6 is 0 Å². The predicted molar refractivity (Wildman–Crippen MR) is 111 cm³/mol. The van der Waals surface area contributed by atoms with E-state index >= 15 is 0 Å². The largest absolute Gasteiger partial charge is 0.465 e.